The molecular weight excluding hydrogens is 225 g/mol. The summed E-state index contributed by atoms with van der Waals surface area (Å²) in [6.45, 7) is 0.206. The van der Waals surface area contributed by atoms with Crippen molar-refractivity contribution in [2.75, 3.05) is 27.7 Å². The average molecular weight is 242 g/mol. The van der Waals surface area contributed by atoms with E-state index in [4.69, 9.17) is 14.9 Å². The summed E-state index contributed by atoms with van der Waals surface area (Å²) in [6, 6.07) is 0. The molecule has 0 aromatic rings. The minimum absolute atomic E-state index is 0.206. The number of carbonyl (C=O) groups is 1. The minimum Gasteiger partial charge on any atom is -0.481 e. The number of likely N-dealkylation sites (N-methyl/N-ethyl adjacent to an activating group) is 1. The molecular formula is C7H17NO6P+. The number of rotatable bonds is 6. The Balaban J connectivity index is 4.45. The lowest BCUT2D eigenvalue weighted by Gasteiger charge is -2.28. The highest BCUT2D eigenvalue weighted by atomic mass is 31.2. The van der Waals surface area contributed by atoms with Crippen molar-refractivity contribution in [2.45, 2.75) is 12.5 Å². The molecule has 0 spiro atoms. The number of carboxylic acids is 1. The van der Waals surface area contributed by atoms with Crippen molar-refractivity contribution in [3.05, 3.63) is 0 Å². The predicted octanol–water partition coefficient (Wildman–Crippen LogP) is -0.355. The van der Waals surface area contributed by atoms with Crippen LogP contribution in [0.15, 0.2) is 0 Å². The van der Waals surface area contributed by atoms with Crippen molar-refractivity contribution in [2.24, 2.45) is 0 Å². The largest absolute Gasteiger partial charge is 0.481 e. The third kappa shape index (κ3) is 9.84. The van der Waals surface area contributed by atoms with Crippen LogP contribution in [0.1, 0.15) is 6.42 Å². The van der Waals surface area contributed by atoms with Crippen LogP contribution in [0.2, 0.25) is 0 Å². The summed E-state index contributed by atoms with van der Waals surface area (Å²) in [5.74, 6) is -1.15. The van der Waals surface area contributed by atoms with E-state index >= 15 is 0 Å². The Morgan fingerprint density at radius 3 is 2.13 bits per heavy atom. The minimum atomic E-state index is -4.64. The highest BCUT2D eigenvalue weighted by molar-refractivity contribution is 7.46. The topological polar surface area (TPSA) is 104 Å². The van der Waals surface area contributed by atoms with Gasteiger partial charge >= 0.3 is 13.8 Å². The lowest BCUT2D eigenvalue weighted by Crippen LogP contribution is -2.42. The highest BCUT2D eigenvalue weighted by Gasteiger charge is 2.28. The summed E-state index contributed by atoms with van der Waals surface area (Å²) >= 11 is 0. The third-order valence-electron chi connectivity index (χ3n) is 1.44. The van der Waals surface area contributed by atoms with Crippen LogP contribution in [0.3, 0.4) is 0 Å². The molecule has 1 atom stereocenters. The van der Waals surface area contributed by atoms with E-state index in [1.807, 2.05) is 0 Å². The third-order valence-corrected chi connectivity index (χ3v) is 2.01. The molecule has 0 bridgehead atoms. The molecule has 0 aromatic heterocycles. The monoisotopic (exact) mass is 242 g/mol. The molecule has 0 aliphatic carbocycles. The van der Waals surface area contributed by atoms with Crippen molar-refractivity contribution in [3.63, 3.8) is 0 Å². The Morgan fingerprint density at radius 2 is 1.87 bits per heavy atom. The number of nitrogens with zero attached hydrogens (tertiary/aromatic N) is 1. The molecule has 90 valence electrons. The van der Waals surface area contributed by atoms with Crippen molar-refractivity contribution < 1.29 is 33.3 Å². The van der Waals surface area contributed by atoms with Gasteiger partial charge in [0.05, 0.1) is 27.6 Å². The second kappa shape index (κ2) is 5.05. The second-order valence-corrected chi connectivity index (χ2v) is 5.48. The van der Waals surface area contributed by atoms with Gasteiger partial charge in [-0.2, -0.15) is 0 Å². The first-order chi connectivity index (χ1) is 6.49. The van der Waals surface area contributed by atoms with Gasteiger partial charge in [-0.3, -0.25) is 9.32 Å². The van der Waals surface area contributed by atoms with Crippen LogP contribution in [-0.2, 0) is 13.9 Å². The molecule has 0 aliphatic heterocycles. The molecule has 0 saturated carbocycles. The quantitative estimate of drug-likeness (QED) is 0.434. The molecule has 0 unspecified atom stereocenters. The zero-order valence-electron chi connectivity index (χ0n) is 8.95. The Hall–Kier alpha value is -0.460. The molecule has 0 fully saturated rings. The van der Waals surface area contributed by atoms with Crippen LogP contribution in [0.4, 0.5) is 0 Å². The smallest absolute Gasteiger partial charge is 0.470 e. The van der Waals surface area contributed by atoms with Crippen LogP contribution in [-0.4, -0.2) is 59.1 Å². The van der Waals surface area contributed by atoms with Gasteiger partial charge in [0, 0.05) is 0 Å². The number of hydrogen-bond acceptors (Lipinski definition) is 3. The molecule has 15 heavy (non-hydrogen) atoms. The summed E-state index contributed by atoms with van der Waals surface area (Å²) in [6.07, 6.45) is -1.43. The fourth-order valence-electron chi connectivity index (χ4n) is 1.14. The first-order valence-electron chi connectivity index (χ1n) is 4.26. The second-order valence-electron chi connectivity index (χ2n) is 4.29. The van der Waals surface area contributed by atoms with E-state index in [1.165, 1.54) is 0 Å². The summed E-state index contributed by atoms with van der Waals surface area (Å²) < 4.78 is 15.3. The number of phosphoric acid groups is 1. The number of hydrogen-bond donors (Lipinski definition) is 3. The van der Waals surface area contributed by atoms with E-state index in [-0.39, 0.29) is 6.54 Å². The van der Waals surface area contributed by atoms with Gasteiger partial charge in [-0.15, -0.1) is 0 Å². The molecule has 7 nitrogen and oxygen atoms in total. The summed E-state index contributed by atoms with van der Waals surface area (Å²) in [7, 11) is 0.690. The Morgan fingerprint density at radius 1 is 1.40 bits per heavy atom. The fraction of sp³-hybridized carbons (Fsp3) is 0.857. The molecule has 0 saturated heterocycles. The number of aliphatic carboxylic acids is 1. The van der Waals surface area contributed by atoms with Gasteiger partial charge in [-0.1, -0.05) is 0 Å². The van der Waals surface area contributed by atoms with Gasteiger partial charge in [0.25, 0.3) is 0 Å². The van der Waals surface area contributed by atoms with E-state index in [0.717, 1.165) is 0 Å². The Labute approximate surface area is 88.1 Å². The molecule has 0 rings (SSSR count). The highest BCUT2D eigenvalue weighted by Crippen LogP contribution is 2.38. The first kappa shape index (κ1) is 14.5. The van der Waals surface area contributed by atoms with Crippen molar-refractivity contribution in [3.8, 4) is 0 Å². The van der Waals surface area contributed by atoms with Crippen molar-refractivity contribution in [1.82, 2.24) is 0 Å². The molecule has 8 heteroatoms. The van der Waals surface area contributed by atoms with E-state index in [9.17, 15) is 9.36 Å². The van der Waals surface area contributed by atoms with Gasteiger partial charge in [0.15, 0.2) is 0 Å². The van der Waals surface area contributed by atoms with Gasteiger partial charge in [0.1, 0.15) is 12.6 Å². The van der Waals surface area contributed by atoms with E-state index in [0.29, 0.717) is 4.48 Å². The number of quaternary nitrogens is 1. The number of phosphoric ester groups is 1. The van der Waals surface area contributed by atoms with Crippen molar-refractivity contribution >= 4 is 13.8 Å². The SMILES string of the molecule is C[N+](C)(C)C[C@@H](CC(=O)O)OP(=O)(O)O. The van der Waals surface area contributed by atoms with Crippen LogP contribution >= 0.6 is 7.82 Å². The van der Waals surface area contributed by atoms with Crippen LogP contribution in [0, 0.1) is 0 Å². The van der Waals surface area contributed by atoms with Gasteiger partial charge in [-0.25, -0.2) is 4.57 Å². The fourth-order valence-corrected chi connectivity index (χ4v) is 1.66. The van der Waals surface area contributed by atoms with Gasteiger partial charge in [0.2, 0.25) is 0 Å². The normalized spacial score (nSPS) is 15.0. The maximum absolute atomic E-state index is 10.6. The molecule has 0 heterocycles. The molecule has 0 radical (unpaired) electrons. The number of carboxylic acid groups (broad SMARTS) is 1. The molecule has 0 aliphatic rings. The maximum Gasteiger partial charge on any atom is 0.470 e. The Kier molecular flexibility index (Phi) is 4.89. The van der Waals surface area contributed by atoms with E-state index in [2.05, 4.69) is 4.52 Å². The van der Waals surface area contributed by atoms with Gasteiger partial charge in [-0.05, 0) is 0 Å². The summed E-state index contributed by atoms with van der Waals surface area (Å²) in [4.78, 5) is 27.6. The van der Waals surface area contributed by atoms with Crippen LogP contribution in [0.25, 0.3) is 0 Å². The zero-order chi connectivity index (χ0) is 12.3. The average Bonchev–Trinajstić information content (AvgIpc) is 1.73. The van der Waals surface area contributed by atoms with Crippen LogP contribution < -0.4 is 0 Å². The Bertz CT molecular complexity index is 267. The zero-order valence-corrected chi connectivity index (χ0v) is 9.85. The molecule has 0 aromatic carbocycles. The lowest BCUT2D eigenvalue weighted by molar-refractivity contribution is -0.873. The molecule has 0 amide bonds. The molecule has 3 N–H and O–H groups in total. The lowest BCUT2D eigenvalue weighted by atomic mass is 10.2. The summed E-state index contributed by atoms with van der Waals surface area (Å²) in [5, 5.41) is 8.54. The predicted molar refractivity (Wildman–Crippen MR) is 52.1 cm³/mol. The summed E-state index contributed by atoms with van der Waals surface area (Å²) in [5.41, 5.74) is 0. The maximum atomic E-state index is 10.6. The van der Waals surface area contributed by atoms with E-state index < -0.39 is 26.3 Å². The van der Waals surface area contributed by atoms with Crippen molar-refractivity contribution in [1.29, 1.82) is 0 Å². The first-order valence-corrected chi connectivity index (χ1v) is 5.79. The van der Waals surface area contributed by atoms with Gasteiger partial charge < -0.3 is 19.4 Å². The van der Waals surface area contributed by atoms with Crippen LogP contribution in [0.5, 0.6) is 0 Å². The van der Waals surface area contributed by atoms with E-state index in [1.54, 1.807) is 21.1 Å². The standard InChI is InChI=1S/C7H16NO6P/c1-8(2,3)5-6(4-7(9)10)14-15(11,12)13/h6H,4-5H2,1-3H3,(H2-,9,10,11,12,13)/p+1/t6-/m1/s1.